The van der Waals surface area contributed by atoms with Gasteiger partial charge in [0, 0.05) is 18.7 Å². The van der Waals surface area contributed by atoms with Crippen molar-refractivity contribution >= 4 is 35.1 Å². The minimum Gasteiger partial charge on any atom is -0.426 e. The average Bonchev–Trinajstić information content (AvgIpc) is 3.58. The van der Waals surface area contributed by atoms with Crippen LogP contribution < -0.4 is 14.5 Å². The van der Waals surface area contributed by atoms with E-state index < -0.39 is 11.9 Å². The van der Waals surface area contributed by atoms with Crippen LogP contribution in [0.4, 0.5) is 11.4 Å². The average molecular weight is 459 g/mol. The zero-order valence-electron chi connectivity index (χ0n) is 19.0. The summed E-state index contributed by atoms with van der Waals surface area (Å²) in [7, 11) is 0. The monoisotopic (exact) mass is 458 g/mol. The molecule has 2 heterocycles. The summed E-state index contributed by atoms with van der Waals surface area (Å²) in [6.07, 6.45) is 3.18. The Morgan fingerprint density at radius 2 is 1.59 bits per heavy atom. The second-order valence-corrected chi connectivity index (χ2v) is 10.1. The molecule has 3 amide bonds. The molecule has 6 rings (SSSR count). The second-order valence-electron chi connectivity index (χ2n) is 10.1. The third kappa shape index (κ3) is 3.25. The second kappa shape index (κ2) is 7.79. The number of ether oxygens (including phenoxy) is 1. The highest BCUT2D eigenvalue weighted by Gasteiger charge is 2.61. The van der Waals surface area contributed by atoms with Gasteiger partial charge in [0.25, 0.3) is 0 Å². The van der Waals surface area contributed by atoms with E-state index >= 15 is 0 Å². The molecule has 174 valence electrons. The fourth-order valence-corrected chi connectivity index (χ4v) is 6.44. The molecule has 0 aromatic heterocycles. The Morgan fingerprint density at radius 1 is 0.912 bits per heavy atom. The Bertz CT molecular complexity index is 1180. The number of imide groups is 1. The van der Waals surface area contributed by atoms with E-state index in [-0.39, 0.29) is 42.5 Å². The summed E-state index contributed by atoms with van der Waals surface area (Å²) in [5, 5.41) is 0. The Kier molecular flexibility index (Phi) is 4.83. The predicted molar refractivity (Wildman–Crippen MR) is 124 cm³/mol. The molecule has 2 aromatic rings. The minimum atomic E-state index is -0.552. The van der Waals surface area contributed by atoms with Crippen molar-refractivity contribution in [3.05, 3.63) is 54.1 Å². The van der Waals surface area contributed by atoms with Gasteiger partial charge in [-0.2, -0.15) is 0 Å². The molecule has 2 aliphatic heterocycles. The highest BCUT2D eigenvalue weighted by Crippen LogP contribution is 2.56. The fraction of sp³-hybridized carbons (Fsp3) is 0.407. The van der Waals surface area contributed by atoms with E-state index in [0.29, 0.717) is 23.3 Å². The van der Waals surface area contributed by atoms with Crippen LogP contribution in [0.15, 0.2) is 48.5 Å². The lowest BCUT2D eigenvalue weighted by Crippen LogP contribution is -2.32. The van der Waals surface area contributed by atoms with Crippen molar-refractivity contribution in [2.24, 2.45) is 29.6 Å². The molecule has 2 aromatic carbocycles. The number of rotatable bonds is 4. The van der Waals surface area contributed by atoms with Gasteiger partial charge in [-0.1, -0.05) is 12.1 Å². The lowest BCUT2D eigenvalue weighted by atomic mass is 9.81. The number of nitrogens with zero attached hydrogens (tertiary/aromatic N) is 2. The molecule has 0 radical (unpaired) electrons. The van der Waals surface area contributed by atoms with Gasteiger partial charge in [0.2, 0.25) is 17.7 Å². The van der Waals surface area contributed by atoms with Crippen LogP contribution in [0, 0.1) is 36.5 Å². The smallest absolute Gasteiger partial charge is 0.316 e. The maximum Gasteiger partial charge on any atom is 0.316 e. The first-order chi connectivity index (χ1) is 16.4. The molecule has 0 spiro atoms. The number of hydrogen-bond acceptors (Lipinski definition) is 5. The standard InChI is InChI=1S/C27H26N2O5/c1-15-3-2-4-20(11-15)28-14-18(13-22(28)30)27(33)34-21-9-7-19(8-10-21)29-25(31)23-16-5-6-17(12-16)24(23)26(29)32/h2-4,7-11,16-18,23-24H,5-6,12-14H2,1H3/t16-,17-,18+,23-,24-/m0/s1. The zero-order valence-corrected chi connectivity index (χ0v) is 19.0. The summed E-state index contributed by atoms with van der Waals surface area (Å²) in [5.74, 6) is -0.626. The van der Waals surface area contributed by atoms with Crippen molar-refractivity contribution in [1.29, 1.82) is 0 Å². The van der Waals surface area contributed by atoms with Crippen LogP contribution in [0.1, 0.15) is 31.2 Å². The topological polar surface area (TPSA) is 84.0 Å². The van der Waals surface area contributed by atoms with E-state index in [4.69, 9.17) is 4.74 Å². The van der Waals surface area contributed by atoms with Crippen molar-refractivity contribution in [3.8, 4) is 5.75 Å². The minimum absolute atomic E-state index is 0.0901. The summed E-state index contributed by atoms with van der Waals surface area (Å²) in [6.45, 7) is 2.24. The number of carbonyl (C=O) groups is 4. The number of benzene rings is 2. The lowest BCUT2D eigenvalue weighted by molar-refractivity contribution is -0.139. The number of anilines is 2. The SMILES string of the molecule is Cc1cccc(N2C[C@H](C(=O)Oc3ccc(N4C(=O)[C@H]5[C@H]6CC[C@@H](C6)[C@@H]5C4=O)cc3)CC2=O)c1. The van der Waals surface area contributed by atoms with Gasteiger partial charge in [0.05, 0.1) is 23.4 Å². The van der Waals surface area contributed by atoms with E-state index in [1.807, 2.05) is 31.2 Å². The van der Waals surface area contributed by atoms with Crippen LogP contribution in [0.25, 0.3) is 0 Å². The van der Waals surface area contributed by atoms with Gasteiger partial charge >= 0.3 is 5.97 Å². The van der Waals surface area contributed by atoms with Gasteiger partial charge in [-0.25, -0.2) is 0 Å². The Labute approximate surface area is 197 Å². The van der Waals surface area contributed by atoms with Gasteiger partial charge in [-0.15, -0.1) is 0 Å². The van der Waals surface area contributed by atoms with Gasteiger partial charge in [0.15, 0.2) is 0 Å². The van der Waals surface area contributed by atoms with Gasteiger partial charge < -0.3 is 9.64 Å². The molecule has 2 aliphatic carbocycles. The van der Waals surface area contributed by atoms with Gasteiger partial charge in [-0.3, -0.25) is 24.1 Å². The molecular formula is C27H26N2O5. The summed E-state index contributed by atoms with van der Waals surface area (Å²) in [4.78, 5) is 54.2. The molecule has 0 N–H and O–H groups in total. The molecule has 7 nitrogen and oxygen atoms in total. The molecule has 2 bridgehead atoms. The summed E-state index contributed by atoms with van der Waals surface area (Å²) in [5.41, 5.74) is 2.34. The number of amides is 3. The number of aryl methyl sites for hydroxylation is 1. The van der Waals surface area contributed by atoms with E-state index in [1.165, 1.54) is 4.90 Å². The molecule has 2 saturated carbocycles. The maximum atomic E-state index is 13.0. The molecule has 4 aliphatic rings. The van der Waals surface area contributed by atoms with E-state index in [0.717, 1.165) is 30.5 Å². The molecular weight excluding hydrogens is 432 g/mol. The van der Waals surface area contributed by atoms with Gasteiger partial charge in [0.1, 0.15) is 5.75 Å². The van der Waals surface area contributed by atoms with Crippen molar-refractivity contribution in [2.75, 3.05) is 16.3 Å². The van der Waals surface area contributed by atoms with Crippen LogP contribution >= 0.6 is 0 Å². The highest BCUT2D eigenvalue weighted by atomic mass is 16.5. The third-order valence-electron chi connectivity index (χ3n) is 8.01. The summed E-state index contributed by atoms with van der Waals surface area (Å²) in [6, 6.07) is 14.1. The van der Waals surface area contributed by atoms with E-state index in [2.05, 4.69) is 0 Å². The maximum absolute atomic E-state index is 13.0. The highest BCUT2D eigenvalue weighted by molar-refractivity contribution is 6.22. The van der Waals surface area contributed by atoms with E-state index in [1.54, 1.807) is 29.2 Å². The molecule has 34 heavy (non-hydrogen) atoms. The van der Waals surface area contributed by atoms with Crippen LogP contribution in [0.5, 0.6) is 5.75 Å². The van der Waals surface area contributed by atoms with Crippen molar-refractivity contribution < 1.29 is 23.9 Å². The first kappa shape index (κ1) is 21.1. The molecule has 7 heteroatoms. The molecule has 2 saturated heterocycles. The van der Waals surface area contributed by atoms with Crippen LogP contribution in [0.3, 0.4) is 0 Å². The first-order valence-electron chi connectivity index (χ1n) is 12.0. The predicted octanol–water partition coefficient (Wildman–Crippen LogP) is 3.49. The first-order valence-corrected chi connectivity index (χ1v) is 12.0. The van der Waals surface area contributed by atoms with Crippen molar-refractivity contribution in [1.82, 2.24) is 0 Å². The van der Waals surface area contributed by atoms with Crippen LogP contribution in [-0.4, -0.2) is 30.2 Å². The normalized spacial score (nSPS) is 29.8. The van der Waals surface area contributed by atoms with Crippen LogP contribution in [-0.2, 0) is 19.2 Å². The largest absolute Gasteiger partial charge is 0.426 e. The third-order valence-corrected chi connectivity index (χ3v) is 8.01. The molecule has 0 unspecified atom stereocenters. The number of hydrogen-bond donors (Lipinski definition) is 0. The molecule has 5 atom stereocenters. The Morgan fingerprint density at radius 3 is 2.24 bits per heavy atom. The Hall–Kier alpha value is -3.48. The molecule has 4 fully saturated rings. The zero-order chi connectivity index (χ0) is 23.6. The van der Waals surface area contributed by atoms with E-state index in [9.17, 15) is 19.2 Å². The van der Waals surface area contributed by atoms with Crippen LogP contribution in [0.2, 0.25) is 0 Å². The number of carbonyl (C=O) groups excluding carboxylic acids is 4. The summed E-state index contributed by atoms with van der Waals surface area (Å²) < 4.78 is 5.54. The van der Waals surface area contributed by atoms with Gasteiger partial charge in [-0.05, 0) is 80.0 Å². The number of fused-ring (bicyclic) bond motifs is 5. The lowest BCUT2D eigenvalue weighted by Gasteiger charge is -2.19. The quantitative estimate of drug-likeness (QED) is 0.398. The summed E-state index contributed by atoms with van der Waals surface area (Å²) >= 11 is 0. The fourth-order valence-electron chi connectivity index (χ4n) is 6.44. The van der Waals surface area contributed by atoms with Crippen molar-refractivity contribution in [3.63, 3.8) is 0 Å². The Balaban J connectivity index is 1.12. The number of esters is 1. The van der Waals surface area contributed by atoms with Crippen molar-refractivity contribution in [2.45, 2.75) is 32.6 Å².